The van der Waals surface area contributed by atoms with Crippen molar-refractivity contribution < 1.29 is 14.2 Å². The molecular formula is C13H12BrFO2S. The molecular weight excluding hydrogens is 319 g/mol. The molecule has 1 atom stereocenters. The van der Waals surface area contributed by atoms with Crippen LogP contribution in [0.2, 0.25) is 0 Å². The summed E-state index contributed by atoms with van der Waals surface area (Å²) in [6, 6.07) is 8.63. The molecule has 5 heteroatoms. The van der Waals surface area contributed by atoms with E-state index in [1.807, 2.05) is 12.1 Å². The molecule has 1 heterocycles. The zero-order chi connectivity index (χ0) is 13.1. The van der Waals surface area contributed by atoms with E-state index in [2.05, 4.69) is 15.9 Å². The summed E-state index contributed by atoms with van der Waals surface area (Å²) in [7, 11) is 1.43. The molecule has 0 aliphatic heterocycles. The summed E-state index contributed by atoms with van der Waals surface area (Å²) in [5.74, 6) is -0.207. The molecule has 0 aliphatic carbocycles. The van der Waals surface area contributed by atoms with E-state index in [1.165, 1.54) is 18.4 Å². The first-order valence-corrected chi connectivity index (χ1v) is 6.97. The summed E-state index contributed by atoms with van der Waals surface area (Å²) in [5, 5.41) is 10.1. The fourth-order valence-electron chi connectivity index (χ4n) is 1.69. The van der Waals surface area contributed by atoms with Gasteiger partial charge >= 0.3 is 0 Å². The second kappa shape index (κ2) is 5.82. The van der Waals surface area contributed by atoms with Crippen molar-refractivity contribution in [1.29, 1.82) is 0 Å². The van der Waals surface area contributed by atoms with Gasteiger partial charge in [0.25, 0.3) is 0 Å². The van der Waals surface area contributed by atoms with E-state index in [0.717, 1.165) is 8.66 Å². The number of rotatable bonds is 4. The Bertz CT molecular complexity index is 542. The van der Waals surface area contributed by atoms with Crippen molar-refractivity contribution in [2.45, 2.75) is 12.5 Å². The highest BCUT2D eigenvalue weighted by atomic mass is 79.9. The maximum atomic E-state index is 13.9. The van der Waals surface area contributed by atoms with Crippen molar-refractivity contribution in [2.24, 2.45) is 0 Å². The predicted molar refractivity (Wildman–Crippen MR) is 73.6 cm³/mol. The molecule has 0 radical (unpaired) electrons. The van der Waals surface area contributed by atoms with E-state index >= 15 is 0 Å². The Morgan fingerprint density at radius 3 is 2.78 bits per heavy atom. The molecule has 2 nitrogen and oxygen atoms in total. The first-order valence-electron chi connectivity index (χ1n) is 5.36. The van der Waals surface area contributed by atoms with Crippen molar-refractivity contribution in [3.63, 3.8) is 0 Å². The first-order chi connectivity index (χ1) is 8.61. The Morgan fingerprint density at radius 2 is 2.17 bits per heavy atom. The van der Waals surface area contributed by atoms with Gasteiger partial charge in [0.05, 0.1) is 17.0 Å². The van der Waals surface area contributed by atoms with Crippen LogP contribution < -0.4 is 4.74 Å². The third-order valence-corrected chi connectivity index (χ3v) is 4.32. The molecule has 96 valence electrons. The molecule has 2 rings (SSSR count). The van der Waals surface area contributed by atoms with Crippen LogP contribution >= 0.6 is 27.3 Å². The summed E-state index contributed by atoms with van der Waals surface area (Å²) in [6.45, 7) is 0. The van der Waals surface area contributed by atoms with Gasteiger partial charge < -0.3 is 9.84 Å². The highest BCUT2D eigenvalue weighted by Gasteiger charge is 2.15. The Hall–Kier alpha value is -0.910. The van der Waals surface area contributed by atoms with Crippen molar-refractivity contribution in [2.75, 3.05) is 7.11 Å². The fourth-order valence-corrected chi connectivity index (χ4v) is 3.10. The minimum Gasteiger partial charge on any atom is -0.494 e. The van der Waals surface area contributed by atoms with E-state index in [9.17, 15) is 9.50 Å². The SMILES string of the molecule is COc1cccc(CC(O)c2ccc(Br)s2)c1F. The molecule has 0 bridgehead atoms. The molecule has 0 fully saturated rings. The Balaban J connectivity index is 2.19. The maximum Gasteiger partial charge on any atom is 0.168 e. The number of aliphatic hydroxyl groups excluding tert-OH is 1. The largest absolute Gasteiger partial charge is 0.494 e. The normalized spacial score (nSPS) is 12.4. The quantitative estimate of drug-likeness (QED) is 0.920. The third kappa shape index (κ3) is 2.91. The lowest BCUT2D eigenvalue weighted by Crippen LogP contribution is -2.02. The topological polar surface area (TPSA) is 29.5 Å². The standard InChI is InChI=1S/C13H12BrFO2S/c1-17-10-4-2-3-8(13(10)15)7-9(16)11-5-6-12(14)18-11/h2-6,9,16H,7H2,1H3. The molecule has 0 saturated heterocycles. The highest BCUT2D eigenvalue weighted by Crippen LogP contribution is 2.30. The van der Waals surface area contributed by atoms with Crippen LogP contribution in [-0.2, 0) is 6.42 Å². The number of aliphatic hydroxyl groups is 1. The van der Waals surface area contributed by atoms with E-state index in [0.29, 0.717) is 5.56 Å². The third-order valence-electron chi connectivity index (χ3n) is 2.60. The molecule has 0 aliphatic rings. The van der Waals surface area contributed by atoms with Crippen molar-refractivity contribution >= 4 is 27.3 Å². The number of hydrogen-bond donors (Lipinski definition) is 1. The fraction of sp³-hybridized carbons (Fsp3) is 0.231. The summed E-state index contributed by atoms with van der Waals surface area (Å²) in [6.07, 6.45) is -0.474. The molecule has 1 N–H and O–H groups in total. The number of methoxy groups -OCH3 is 1. The molecule has 0 saturated carbocycles. The van der Waals surface area contributed by atoms with Crippen LogP contribution in [0, 0.1) is 5.82 Å². The second-order valence-electron chi connectivity index (χ2n) is 3.80. The first kappa shape index (κ1) is 13.5. The summed E-state index contributed by atoms with van der Waals surface area (Å²) in [5.41, 5.74) is 0.450. The van der Waals surface area contributed by atoms with Crippen LogP contribution in [0.1, 0.15) is 16.5 Å². The van der Waals surface area contributed by atoms with Gasteiger partial charge in [0.1, 0.15) is 0 Å². The van der Waals surface area contributed by atoms with Crippen LogP contribution in [0.3, 0.4) is 0 Å². The zero-order valence-electron chi connectivity index (χ0n) is 9.69. The highest BCUT2D eigenvalue weighted by molar-refractivity contribution is 9.11. The van der Waals surface area contributed by atoms with Gasteiger partial charge in [-0.1, -0.05) is 12.1 Å². The van der Waals surface area contributed by atoms with E-state index in [4.69, 9.17) is 4.74 Å². The molecule has 0 amide bonds. The monoisotopic (exact) mass is 330 g/mol. The van der Waals surface area contributed by atoms with E-state index in [1.54, 1.807) is 18.2 Å². The number of halogens is 2. The van der Waals surface area contributed by atoms with Gasteiger partial charge in [0.2, 0.25) is 0 Å². The van der Waals surface area contributed by atoms with Crippen LogP contribution in [0.5, 0.6) is 5.75 Å². The average Bonchev–Trinajstić information content (AvgIpc) is 2.78. The van der Waals surface area contributed by atoms with Gasteiger partial charge in [-0.3, -0.25) is 0 Å². The Kier molecular flexibility index (Phi) is 4.37. The van der Waals surface area contributed by atoms with Gasteiger partial charge in [0.15, 0.2) is 11.6 Å². The summed E-state index contributed by atoms with van der Waals surface area (Å²) < 4.78 is 19.8. The van der Waals surface area contributed by atoms with E-state index in [-0.39, 0.29) is 12.2 Å². The lowest BCUT2D eigenvalue weighted by molar-refractivity contribution is 0.180. The Morgan fingerprint density at radius 1 is 1.39 bits per heavy atom. The summed E-state index contributed by atoms with van der Waals surface area (Å²) >= 11 is 4.78. The van der Waals surface area contributed by atoms with E-state index < -0.39 is 11.9 Å². The van der Waals surface area contributed by atoms with Gasteiger partial charge in [-0.25, -0.2) is 4.39 Å². The number of benzene rings is 1. The van der Waals surface area contributed by atoms with Crippen molar-refractivity contribution in [3.05, 3.63) is 50.4 Å². The number of thiophene rings is 1. The summed E-state index contributed by atoms with van der Waals surface area (Å²) in [4.78, 5) is 0.809. The number of hydrogen-bond acceptors (Lipinski definition) is 3. The lowest BCUT2D eigenvalue weighted by atomic mass is 10.1. The molecule has 18 heavy (non-hydrogen) atoms. The van der Waals surface area contributed by atoms with Crippen molar-refractivity contribution in [1.82, 2.24) is 0 Å². The minimum absolute atomic E-state index is 0.201. The minimum atomic E-state index is -0.706. The molecule has 1 aromatic carbocycles. The molecule has 1 aromatic heterocycles. The van der Waals surface area contributed by atoms with Gasteiger partial charge in [-0.2, -0.15) is 0 Å². The maximum absolute atomic E-state index is 13.9. The van der Waals surface area contributed by atoms with Crippen LogP contribution in [0.15, 0.2) is 34.1 Å². The number of ether oxygens (including phenoxy) is 1. The predicted octanol–water partition coefficient (Wildman–Crippen LogP) is 3.93. The van der Waals surface area contributed by atoms with Gasteiger partial charge in [-0.05, 0) is 39.7 Å². The zero-order valence-corrected chi connectivity index (χ0v) is 12.1. The van der Waals surface area contributed by atoms with Gasteiger partial charge in [0, 0.05) is 11.3 Å². The molecule has 1 unspecified atom stereocenters. The lowest BCUT2D eigenvalue weighted by Gasteiger charge is -2.11. The van der Waals surface area contributed by atoms with Crippen molar-refractivity contribution in [3.8, 4) is 5.75 Å². The molecule has 0 spiro atoms. The smallest absolute Gasteiger partial charge is 0.168 e. The van der Waals surface area contributed by atoms with Crippen LogP contribution in [-0.4, -0.2) is 12.2 Å². The molecule has 2 aromatic rings. The van der Waals surface area contributed by atoms with Crippen LogP contribution in [0.25, 0.3) is 0 Å². The second-order valence-corrected chi connectivity index (χ2v) is 6.29. The Labute approximate surface area is 117 Å². The van der Waals surface area contributed by atoms with Crippen LogP contribution in [0.4, 0.5) is 4.39 Å². The average molecular weight is 331 g/mol. The van der Waals surface area contributed by atoms with Gasteiger partial charge in [-0.15, -0.1) is 11.3 Å².